The highest BCUT2D eigenvalue weighted by Crippen LogP contribution is 2.37. The van der Waals surface area contributed by atoms with E-state index >= 15 is 0 Å². The number of nitrogens with zero attached hydrogens (tertiary/aromatic N) is 3. The number of hydrogen-bond acceptors (Lipinski definition) is 5. The highest BCUT2D eigenvalue weighted by molar-refractivity contribution is 9.10. The SMILES string of the molecule is Cc1nc(N)nc2c1C(=O)N(CCCN)[C@@H](c1ccc(F)cc1Br)C2. The van der Waals surface area contributed by atoms with Crippen molar-refractivity contribution in [3.63, 3.8) is 0 Å². The van der Waals surface area contributed by atoms with Gasteiger partial charge in [-0.1, -0.05) is 22.0 Å². The van der Waals surface area contributed by atoms with Crippen molar-refractivity contribution in [1.29, 1.82) is 0 Å². The minimum atomic E-state index is -0.339. The van der Waals surface area contributed by atoms with E-state index in [9.17, 15) is 9.18 Å². The third kappa shape index (κ3) is 3.36. The molecule has 0 saturated carbocycles. The molecule has 0 aliphatic carbocycles. The summed E-state index contributed by atoms with van der Waals surface area (Å²) in [6.45, 7) is 2.74. The number of amides is 1. The number of hydrogen-bond donors (Lipinski definition) is 2. The molecule has 3 rings (SSSR count). The van der Waals surface area contributed by atoms with E-state index in [1.807, 2.05) is 0 Å². The zero-order valence-corrected chi connectivity index (χ0v) is 15.4. The van der Waals surface area contributed by atoms with E-state index in [1.54, 1.807) is 17.9 Å². The molecule has 0 spiro atoms. The maximum absolute atomic E-state index is 13.5. The fraction of sp³-hybridized carbons (Fsp3) is 0.353. The van der Waals surface area contributed by atoms with Gasteiger partial charge in [-0.2, -0.15) is 0 Å². The summed E-state index contributed by atoms with van der Waals surface area (Å²) in [6.07, 6.45) is 1.16. The molecule has 1 aliphatic heterocycles. The monoisotopic (exact) mass is 407 g/mol. The summed E-state index contributed by atoms with van der Waals surface area (Å²) in [5.74, 6) is -0.334. The predicted molar refractivity (Wildman–Crippen MR) is 96.4 cm³/mol. The molecule has 0 bridgehead atoms. The van der Waals surface area contributed by atoms with E-state index in [-0.39, 0.29) is 23.7 Å². The van der Waals surface area contributed by atoms with Crippen LogP contribution in [-0.2, 0) is 6.42 Å². The van der Waals surface area contributed by atoms with Crippen molar-refractivity contribution in [3.05, 3.63) is 51.0 Å². The molecule has 0 saturated heterocycles. The van der Waals surface area contributed by atoms with Crippen LogP contribution in [0.25, 0.3) is 0 Å². The average Bonchev–Trinajstić information content (AvgIpc) is 2.53. The molecule has 0 fully saturated rings. The highest BCUT2D eigenvalue weighted by atomic mass is 79.9. The number of anilines is 1. The number of nitrogen functional groups attached to an aromatic ring is 1. The average molecular weight is 408 g/mol. The van der Waals surface area contributed by atoms with E-state index in [0.717, 1.165) is 5.56 Å². The Bertz CT molecular complexity index is 829. The third-order valence-electron chi connectivity index (χ3n) is 4.34. The molecule has 8 heteroatoms. The zero-order chi connectivity index (χ0) is 18.1. The van der Waals surface area contributed by atoms with Gasteiger partial charge in [0.25, 0.3) is 5.91 Å². The van der Waals surface area contributed by atoms with E-state index in [1.165, 1.54) is 12.1 Å². The van der Waals surface area contributed by atoms with Crippen LogP contribution in [0.5, 0.6) is 0 Å². The molecule has 0 unspecified atom stereocenters. The van der Waals surface area contributed by atoms with Gasteiger partial charge < -0.3 is 16.4 Å². The van der Waals surface area contributed by atoms with E-state index in [4.69, 9.17) is 11.5 Å². The topological polar surface area (TPSA) is 98.1 Å². The number of aromatic nitrogens is 2. The van der Waals surface area contributed by atoms with Gasteiger partial charge in [0.05, 0.1) is 23.0 Å². The summed E-state index contributed by atoms with van der Waals surface area (Å²) in [5, 5.41) is 0. The molecular weight excluding hydrogens is 389 g/mol. The van der Waals surface area contributed by atoms with Crippen LogP contribution in [0.3, 0.4) is 0 Å². The minimum absolute atomic E-state index is 0.145. The summed E-state index contributed by atoms with van der Waals surface area (Å²) in [7, 11) is 0. The number of carbonyl (C=O) groups excluding carboxylic acids is 1. The van der Waals surface area contributed by atoms with E-state index in [2.05, 4.69) is 25.9 Å². The lowest BCUT2D eigenvalue weighted by atomic mass is 9.91. The van der Waals surface area contributed by atoms with Gasteiger partial charge in [-0.05, 0) is 37.6 Å². The lowest BCUT2D eigenvalue weighted by Crippen LogP contribution is -2.42. The van der Waals surface area contributed by atoms with Crippen molar-refractivity contribution in [2.45, 2.75) is 25.8 Å². The molecule has 1 aliphatic rings. The first-order chi connectivity index (χ1) is 11.9. The smallest absolute Gasteiger partial charge is 0.258 e. The number of fused-ring (bicyclic) bond motifs is 1. The fourth-order valence-corrected chi connectivity index (χ4v) is 3.84. The lowest BCUT2D eigenvalue weighted by molar-refractivity contribution is 0.0641. The second kappa shape index (κ2) is 7.05. The number of carbonyl (C=O) groups is 1. The van der Waals surface area contributed by atoms with E-state index in [0.29, 0.717) is 47.4 Å². The molecule has 1 amide bonds. The molecule has 0 radical (unpaired) electrons. The van der Waals surface area contributed by atoms with Gasteiger partial charge in [-0.15, -0.1) is 0 Å². The van der Waals surface area contributed by atoms with Crippen molar-refractivity contribution in [1.82, 2.24) is 14.9 Å². The first kappa shape index (κ1) is 17.8. The first-order valence-corrected chi connectivity index (χ1v) is 8.80. The number of aryl methyl sites for hydroxylation is 1. The molecule has 6 nitrogen and oxygen atoms in total. The predicted octanol–water partition coefficient (Wildman–Crippen LogP) is 2.36. The summed E-state index contributed by atoms with van der Waals surface area (Å²) < 4.78 is 14.1. The summed E-state index contributed by atoms with van der Waals surface area (Å²) in [5.41, 5.74) is 13.9. The Morgan fingerprint density at radius 1 is 1.40 bits per heavy atom. The highest BCUT2D eigenvalue weighted by Gasteiger charge is 2.36. The summed E-state index contributed by atoms with van der Waals surface area (Å²) in [6, 6.07) is 4.21. The molecule has 1 aromatic carbocycles. The third-order valence-corrected chi connectivity index (χ3v) is 5.03. The Morgan fingerprint density at radius 3 is 2.84 bits per heavy atom. The van der Waals surface area contributed by atoms with Gasteiger partial charge in [-0.25, -0.2) is 14.4 Å². The van der Waals surface area contributed by atoms with E-state index < -0.39 is 0 Å². The maximum atomic E-state index is 13.5. The largest absolute Gasteiger partial charge is 0.368 e. The number of benzene rings is 1. The van der Waals surface area contributed by atoms with Gasteiger partial charge in [0.2, 0.25) is 5.95 Å². The fourth-order valence-electron chi connectivity index (χ4n) is 3.23. The Balaban J connectivity index is 2.10. The Kier molecular flexibility index (Phi) is 5.01. The Morgan fingerprint density at radius 2 is 2.16 bits per heavy atom. The van der Waals surface area contributed by atoms with Crippen LogP contribution in [0.15, 0.2) is 22.7 Å². The molecule has 2 heterocycles. The van der Waals surface area contributed by atoms with Gasteiger partial charge in [0, 0.05) is 17.4 Å². The Hall–Kier alpha value is -2.06. The van der Waals surface area contributed by atoms with Gasteiger partial charge in [0.15, 0.2) is 0 Å². The first-order valence-electron chi connectivity index (χ1n) is 8.01. The quantitative estimate of drug-likeness (QED) is 0.810. The zero-order valence-electron chi connectivity index (χ0n) is 13.8. The summed E-state index contributed by atoms with van der Waals surface area (Å²) in [4.78, 5) is 23.2. The molecule has 4 N–H and O–H groups in total. The molecule has 1 aromatic heterocycles. The van der Waals surface area contributed by atoms with Crippen LogP contribution in [0.1, 0.15) is 39.8 Å². The van der Waals surface area contributed by atoms with Crippen molar-refractivity contribution >= 4 is 27.8 Å². The van der Waals surface area contributed by atoms with Crippen LogP contribution in [0.4, 0.5) is 10.3 Å². The lowest BCUT2D eigenvalue weighted by Gasteiger charge is -2.37. The molecule has 25 heavy (non-hydrogen) atoms. The van der Waals surface area contributed by atoms with Crippen LogP contribution >= 0.6 is 15.9 Å². The standard InChI is InChI=1S/C17H19BrFN5O/c1-9-15-13(23-17(21)22-9)8-14(24(16(15)25)6-2-5-20)11-4-3-10(19)7-12(11)18/h3-4,7,14H,2,5-6,8,20H2,1H3,(H2,21,22,23)/t14-/m1/s1. The molecule has 2 aromatic rings. The van der Waals surface area contributed by atoms with Crippen molar-refractivity contribution in [2.24, 2.45) is 5.73 Å². The molecule has 132 valence electrons. The number of nitrogens with two attached hydrogens (primary N) is 2. The van der Waals surface area contributed by atoms with Gasteiger partial charge >= 0.3 is 0 Å². The normalized spacial score (nSPS) is 16.9. The van der Waals surface area contributed by atoms with Crippen molar-refractivity contribution < 1.29 is 9.18 Å². The van der Waals surface area contributed by atoms with Crippen LogP contribution < -0.4 is 11.5 Å². The maximum Gasteiger partial charge on any atom is 0.258 e. The van der Waals surface area contributed by atoms with Gasteiger partial charge in [0.1, 0.15) is 5.82 Å². The number of halogens is 2. The van der Waals surface area contributed by atoms with Crippen LogP contribution in [0, 0.1) is 12.7 Å². The van der Waals surface area contributed by atoms with Gasteiger partial charge in [-0.3, -0.25) is 4.79 Å². The second-order valence-corrected chi connectivity index (χ2v) is 6.87. The molecule has 1 atom stereocenters. The summed E-state index contributed by atoms with van der Waals surface area (Å²) >= 11 is 3.41. The molecular formula is C17H19BrFN5O. The van der Waals surface area contributed by atoms with Crippen LogP contribution in [0.2, 0.25) is 0 Å². The number of rotatable bonds is 4. The minimum Gasteiger partial charge on any atom is -0.368 e. The van der Waals surface area contributed by atoms with Crippen molar-refractivity contribution in [3.8, 4) is 0 Å². The second-order valence-electron chi connectivity index (χ2n) is 6.02. The Labute approximate surface area is 153 Å². The van der Waals surface area contributed by atoms with Crippen molar-refractivity contribution in [2.75, 3.05) is 18.8 Å². The van der Waals surface area contributed by atoms with Crippen LogP contribution in [-0.4, -0.2) is 33.9 Å².